The number of ether oxygens (including phenoxy) is 2. The van der Waals surface area contributed by atoms with Crippen LogP contribution in [0.3, 0.4) is 0 Å². The van der Waals surface area contributed by atoms with Crippen LogP contribution in [0.1, 0.15) is 12.5 Å². The zero-order chi connectivity index (χ0) is 12.7. The normalized spacial score (nSPS) is 11.4. The van der Waals surface area contributed by atoms with Crippen LogP contribution in [0.2, 0.25) is 0 Å². The van der Waals surface area contributed by atoms with Gasteiger partial charge in [0.25, 0.3) is 0 Å². The molecule has 0 spiro atoms. The maximum absolute atomic E-state index is 11.8. The molecular weight excluding hydrogens is 240 g/mol. The van der Waals surface area contributed by atoms with Gasteiger partial charge in [0.1, 0.15) is 5.75 Å². The maximum atomic E-state index is 11.8. The van der Waals surface area contributed by atoms with Crippen LogP contribution in [-0.4, -0.2) is 34.5 Å². The second kappa shape index (κ2) is 6.61. The number of hydrogen-bond donors (Lipinski definition) is 0. The fourth-order valence-electron chi connectivity index (χ4n) is 1.42. The first-order chi connectivity index (χ1) is 8.07. The molecule has 0 aliphatic carbocycles. The Bertz CT molecular complexity index is 440. The van der Waals surface area contributed by atoms with Crippen molar-refractivity contribution < 1.29 is 17.9 Å². The molecule has 0 radical (unpaired) electrons. The molecule has 4 nitrogen and oxygen atoms in total. The van der Waals surface area contributed by atoms with Crippen molar-refractivity contribution >= 4 is 9.84 Å². The molecular formula is C12H18O4S. The molecule has 96 valence electrons. The minimum atomic E-state index is -3.11. The number of benzene rings is 1. The van der Waals surface area contributed by atoms with Crippen LogP contribution < -0.4 is 4.74 Å². The predicted molar refractivity (Wildman–Crippen MR) is 67.0 cm³/mol. The summed E-state index contributed by atoms with van der Waals surface area (Å²) < 4.78 is 33.6. The van der Waals surface area contributed by atoms with Gasteiger partial charge < -0.3 is 9.47 Å². The van der Waals surface area contributed by atoms with Crippen LogP contribution in [0, 0.1) is 0 Å². The molecule has 0 N–H and O–H groups in total. The van der Waals surface area contributed by atoms with Crippen molar-refractivity contribution in [2.75, 3.05) is 26.1 Å². The van der Waals surface area contributed by atoms with E-state index in [1.54, 1.807) is 31.4 Å². The summed E-state index contributed by atoms with van der Waals surface area (Å²) in [5, 5.41) is 0. The van der Waals surface area contributed by atoms with Gasteiger partial charge in [0.2, 0.25) is 0 Å². The van der Waals surface area contributed by atoms with E-state index in [1.807, 2.05) is 6.92 Å². The van der Waals surface area contributed by atoms with Gasteiger partial charge in [0.15, 0.2) is 9.84 Å². The van der Waals surface area contributed by atoms with Crippen LogP contribution in [0.25, 0.3) is 0 Å². The fraction of sp³-hybridized carbons (Fsp3) is 0.500. The molecule has 1 aromatic rings. The van der Waals surface area contributed by atoms with Gasteiger partial charge in [-0.05, 0) is 24.6 Å². The van der Waals surface area contributed by atoms with Crippen molar-refractivity contribution in [1.82, 2.24) is 0 Å². The molecule has 0 bridgehead atoms. The lowest BCUT2D eigenvalue weighted by Crippen LogP contribution is -2.14. The van der Waals surface area contributed by atoms with Crippen LogP contribution in [-0.2, 0) is 20.3 Å². The van der Waals surface area contributed by atoms with E-state index < -0.39 is 9.84 Å². The van der Waals surface area contributed by atoms with Crippen LogP contribution in [0.15, 0.2) is 24.3 Å². The van der Waals surface area contributed by atoms with Gasteiger partial charge in [0, 0.05) is 6.61 Å². The molecule has 0 aliphatic rings. The predicted octanol–water partition coefficient (Wildman–Crippen LogP) is 1.65. The first-order valence-corrected chi connectivity index (χ1v) is 7.30. The van der Waals surface area contributed by atoms with Crippen molar-refractivity contribution in [2.45, 2.75) is 12.7 Å². The number of rotatable bonds is 7. The second-order valence-corrected chi connectivity index (χ2v) is 5.82. The summed E-state index contributed by atoms with van der Waals surface area (Å²) >= 11 is 0. The Hall–Kier alpha value is -1.07. The summed E-state index contributed by atoms with van der Waals surface area (Å²) in [6, 6.07) is 7.08. The topological polar surface area (TPSA) is 52.6 Å². The highest BCUT2D eigenvalue weighted by atomic mass is 32.2. The highest BCUT2D eigenvalue weighted by Crippen LogP contribution is 2.15. The lowest BCUT2D eigenvalue weighted by Gasteiger charge is -2.06. The Balaban J connectivity index is 2.62. The highest BCUT2D eigenvalue weighted by molar-refractivity contribution is 7.90. The maximum Gasteiger partial charge on any atom is 0.156 e. The molecule has 0 amide bonds. The zero-order valence-electron chi connectivity index (χ0n) is 10.2. The van der Waals surface area contributed by atoms with Crippen LogP contribution in [0.4, 0.5) is 0 Å². The van der Waals surface area contributed by atoms with Crippen molar-refractivity contribution in [3.63, 3.8) is 0 Å². The van der Waals surface area contributed by atoms with Gasteiger partial charge in [-0.3, -0.25) is 0 Å². The van der Waals surface area contributed by atoms with E-state index in [-0.39, 0.29) is 18.1 Å². The van der Waals surface area contributed by atoms with Gasteiger partial charge in [-0.2, -0.15) is 0 Å². The van der Waals surface area contributed by atoms with Gasteiger partial charge in [-0.15, -0.1) is 0 Å². The minimum absolute atomic E-state index is 0.0251. The summed E-state index contributed by atoms with van der Waals surface area (Å²) in [7, 11) is -1.55. The summed E-state index contributed by atoms with van der Waals surface area (Å²) in [4.78, 5) is 0. The Morgan fingerprint density at radius 1 is 1.29 bits per heavy atom. The zero-order valence-corrected chi connectivity index (χ0v) is 11.0. The van der Waals surface area contributed by atoms with Crippen molar-refractivity contribution in [1.29, 1.82) is 0 Å². The molecule has 17 heavy (non-hydrogen) atoms. The van der Waals surface area contributed by atoms with Gasteiger partial charge in [0.05, 0.1) is 25.2 Å². The molecule has 0 heterocycles. The van der Waals surface area contributed by atoms with E-state index in [4.69, 9.17) is 9.47 Å². The van der Waals surface area contributed by atoms with Crippen molar-refractivity contribution in [3.8, 4) is 5.75 Å². The molecule has 0 atom stereocenters. The highest BCUT2D eigenvalue weighted by Gasteiger charge is 2.12. The van der Waals surface area contributed by atoms with Crippen molar-refractivity contribution in [3.05, 3.63) is 29.8 Å². The molecule has 0 aliphatic heterocycles. The van der Waals surface area contributed by atoms with E-state index in [0.717, 1.165) is 5.56 Å². The lowest BCUT2D eigenvalue weighted by molar-refractivity contribution is 0.163. The first kappa shape index (κ1) is 14.0. The van der Waals surface area contributed by atoms with Gasteiger partial charge in [-0.1, -0.05) is 12.1 Å². The monoisotopic (exact) mass is 258 g/mol. The molecule has 0 saturated carbocycles. The number of hydrogen-bond acceptors (Lipinski definition) is 4. The summed E-state index contributed by atoms with van der Waals surface area (Å²) in [5.41, 5.74) is 0.737. The van der Waals surface area contributed by atoms with E-state index in [0.29, 0.717) is 12.4 Å². The van der Waals surface area contributed by atoms with Gasteiger partial charge in [-0.25, -0.2) is 8.42 Å². The molecule has 0 saturated heterocycles. The van der Waals surface area contributed by atoms with E-state index in [9.17, 15) is 8.42 Å². The Morgan fingerprint density at radius 3 is 2.71 bits per heavy atom. The fourth-order valence-corrected chi connectivity index (χ4v) is 2.62. The third-order valence-electron chi connectivity index (χ3n) is 2.26. The standard InChI is InChI=1S/C12H18O4S/c1-3-16-7-8-17(13,14)10-11-5-4-6-12(9-11)15-2/h4-6,9H,3,7-8,10H2,1-2H3. The Morgan fingerprint density at radius 2 is 2.06 bits per heavy atom. The van der Waals surface area contributed by atoms with Gasteiger partial charge >= 0.3 is 0 Å². The average molecular weight is 258 g/mol. The quantitative estimate of drug-likeness (QED) is 0.698. The summed E-state index contributed by atoms with van der Waals surface area (Å²) in [5.74, 6) is 0.748. The smallest absolute Gasteiger partial charge is 0.156 e. The molecule has 5 heteroatoms. The third-order valence-corrected chi connectivity index (χ3v) is 3.83. The summed E-state index contributed by atoms with van der Waals surface area (Å²) in [6.45, 7) is 2.63. The van der Waals surface area contributed by atoms with Crippen molar-refractivity contribution in [2.24, 2.45) is 0 Å². The number of sulfone groups is 1. The largest absolute Gasteiger partial charge is 0.497 e. The Labute approximate surface area is 102 Å². The summed E-state index contributed by atoms with van der Waals surface area (Å²) in [6.07, 6.45) is 0. The first-order valence-electron chi connectivity index (χ1n) is 5.48. The van der Waals surface area contributed by atoms with Crippen LogP contribution in [0.5, 0.6) is 5.75 Å². The van der Waals surface area contributed by atoms with E-state index in [1.165, 1.54) is 0 Å². The van der Waals surface area contributed by atoms with E-state index in [2.05, 4.69) is 0 Å². The molecule has 1 aromatic carbocycles. The second-order valence-electron chi connectivity index (χ2n) is 3.64. The molecule has 0 aromatic heterocycles. The third kappa shape index (κ3) is 5.19. The number of methoxy groups -OCH3 is 1. The molecule has 0 unspecified atom stereocenters. The van der Waals surface area contributed by atoms with Crippen LogP contribution >= 0.6 is 0 Å². The SMILES string of the molecule is CCOCCS(=O)(=O)Cc1cccc(OC)c1. The molecule has 1 rings (SSSR count). The molecule has 0 fully saturated rings. The van der Waals surface area contributed by atoms with E-state index >= 15 is 0 Å². The minimum Gasteiger partial charge on any atom is -0.497 e. The Kier molecular flexibility index (Phi) is 5.44. The lowest BCUT2D eigenvalue weighted by atomic mass is 10.2. The average Bonchev–Trinajstić information content (AvgIpc) is 2.29.